The molecule has 6 heteroatoms. The van der Waals surface area contributed by atoms with Gasteiger partial charge in [-0.05, 0) is 42.0 Å². The van der Waals surface area contributed by atoms with E-state index < -0.39 is 0 Å². The summed E-state index contributed by atoms with van der Waals surface area (Å²) in [7, 11) is 1.77. The van der Waals surface area contributed by atoms with Crippen molar-refractivity contribution in [2.75, 3.05) is 44.9 Å². The van der Waals surface area contributed by atoms with Crippen molar-refractivity contribution in [3.8, 4) is 5.75 Å². The van der Waals surface area contributed by atoms with Crippen LogP contribution in [0, 0.1) is 0 Å². The van der Waals surface area contributed by atoms with E-state index in [9.17, 15) is 9.59 Å². The fraction of sp³-hybridized carbons (Fsp3) is 0.391. The van der Waals surface area contributed by atoms with Crippen LogP contribution >= 0.6 is 0 Å². The van der Waals surface area contributed by atoms with Crippen molar-refractivity contribution in [3.05, 3.63) is 59.7 Å². The summed E-state index contributed by atoms with van der Waals surface area (Å²) < 4.78 is 11.0. The standard InChI is InChI=1S/C23H28N2O4/c1-3-22(26)19-6-10-21(11-7-19)29-17-23(27)24(2)16-18-4-8-20(9-5-18)25-12-14-28-15-13-25/h4-11H,3,12-17H2,1-2H3. The Kier molecular flexibility index (Phi) is 7.25. The number of nitrogens with zero attached hydrogens (tertiary/aromatic N) is 2. The number of rotatable bonds is 8. The van der Waals surface area contributed by atoms with E-state index in [1.165, 1.54) is 5.69 Å². The lowest BCUT2D eigenvalue weighted by atomic mass is 10.1. The van der Waals surface area contributed by atoms with E-state index in [0.717, 1.165) is 31.9 Å². The van der Waals surface area contributed by atoms with Crippen molar-refractivity contribution in [2.45, 2.75) is 19.9 Å². The highest BCUT2D eigenvalue weighted by Gasteiger charge is 2.13. The average Bonchev–Trinajstić information content (AvgIpc) is 2.78. The number of amides is 1. The number of carbonyl (C=O) groups excluding carboxylic acids is 2. The van der Waals surface area contributed by atoms with Crippen molar-refractivity contribution in [2.24, 2.45) is 0 Å². The van der Waals surface area contributed by atoms with Gasteiger partial charge in [0.25, 0.3) is 5.91 Å². The van der Waals surface area contributed by atoms with Crippen LogP contribution in [-0.4, -0.2) is 56.5 Å². The fourth-order valence-electron chi connectivity index (χ4n) is 3.19. The molecule has 0 bridgehead atoms. The predicted molar refractivity (Wildman–Crippen MR) is 113 cm³/mol. The smallest absolute Gasteiger partial charge is 0.260 e. The first kappa shape index (κ1) is 20.9. The number of benzene rings is 2. The number of likely N-dealkylation sites (N-methyl/N-ethyl adjacent to an activating group) is 1. The highest BCUT2D eigenvalue weighted by Crippen LogP contribution is 2.18. The molecule has 1 aliphatic heterocycles. The predicted octanol–water partition coefficient (Wildman–Crippen LogP) is 3.15. The fourth-order valence-corrected chi connectivity index (χ4v) is 3.19. The minimum atomic E-state index is -0.101. The van der Waals surface area contributed by atoms with Gasteiger partial charge in [-0.3, -0.25) is 9.59 Å². The van der Waals surface area contributed by atoms with Crippen molar-refractivity contribution in [3.63, 3.8) is 0 Å². The molecular weight excluding hydrogens is 368 g/mol. The molecule has 0 saturated carbocycles. The number of anilines is 1. The lowest BCUT2D eigenvalue weighted by Gasteiger charge is -2.29. The summed E-state index contributed by atoms with van der Waals surface area (Å²) in [5, 5.41) is 0. The van der Waals surface area contributed by atoms with E-state index in [4.69, 9.17) is 9.47 Å². The zero-order valence-electron chi connectivity index (χ0n) is 17.1. The van der Waals surface area contributed by atoms with Crippen molar-refractivity contribution in [1.29, 1.82) is 0 Å². The maximum atomic E-state index is 12.4. The lowest BCUT2D eigenvalue weighted by molar-refractivity contribution is -0.132. The van der Waals surface area contributed by atoms with Crippen LogP contribution in [0.25, 0.3) is 0 Å². The first-order valence-corrected chi connectivity index (χ1v) is 9.98. The Labute approximate surface area is 172 Å². The molecule has 1 aliphatic rings. The van der Waals surface area contributed by atoms with Crippen LogP contribution in [0.5, 0.6) is 5.75 Å². The third kappa shape index (κ3) is 5.81. The second-order valence-electron chi connectivity index (χ2n) is 7.11. The van der Waals surface area contributed by atoms with E-state index in [2.05, 4.69) is 29.2 Å². The van der Waals surface area contributed by atoms with Crippen LogP contribution in [0.4, 0.5) is 5.69 Å². The summed E-state index contributed by atoms with van der Waals surface area (Å²) in [5.41, 5.74) is 2.91. The number of ketones is 1. The van der Waals surface area contributed by atoms with Gasteiger partial charge in [0.15, 0.2) is 12.4 Å². The molecule has 0 aromatic heterocycles. The summed E-state index contributed by atoms with van der Waals surface area (Å²) in [6.07, 6.45) is 0.469. The molecule has 3 rings (SSSR count). The van der Waals surface area contributed by atoms with E-state index in [1.54, 1.807) is 36.2 Å². The molecule has 2 aromatic rings. The highest BCUT2D eigenvalue weighted by molar-refractivity contribution is 5.95. The number of hydrogen-bond donors (Lipinski definition) is 0. The number of Topliss-reactive ketones (excluding diaryl/α,β-unsaturated/α-hetero) is 1. The van der Waals surface area contributed by atoms with Gasteiger partial charge in [-0.15, -0.1) is 0 Å². The van der Waals surface area contributed by atoms with Crippen molar-refractivity contribution >= 4 is 17.4 Å². The van der Waals surface area contributed by atoms with E-state index in [1.807, 2.05) is 6.92 Å². The Morgan fingerprint density at radius 3 is 2.31 bits per heavy atom. The zero-order valence-corrected chi connectivity index (χ0v) is 17.1. The van der Waals surface area contributed by atoms with Gasteiger partial charge in [0.05, 0.1) is 13.2 Å². The molecule has 2 aromatic carbocycles. The summed E-state index contributed by atoms with van der Waals surface area (Å²) in [6.45, 7) is 5.65. The van der Waals surface area contributed by atoms with Crippen LogP contribution in [0.15, 0.2) is 48.5 Å². The van der Waals surface area contributed by atoms with Gasteiger partial charge in [-0.1, -0.05) is 19.1 Å². The third-order valence-electron chi connectivity index (χ3n) is 5.02. The van der Waals surface area contributed by atoms with Gasteiger partial charge < -0.3 is 19.3 Å². The molecule has 0 N–H and O–H groups in total. The van der Waals surface area contributed by atoms with Gasteiger partial charge in [0.1, 0.15) is 5.75 Å². The zero-order chi connectivity index (χ0) is 20.6. The molecule has 1 saturated heterocycles. The second kappa shape index (κ2) is 10.1. The lowest BCUT2D eigenvalue weighted by Crippen LogP contribution is -2.36. The monoisotopic (exact) mass is 396 g/mol. The minimum Gasteiger partial charge on any atom is -0.484 e. The highest BCUT2D eigenvalue weighted by atomic mass is 16.5. The number of hydrogen-bond acceptors (Lipinski definition) is 5. The third-order valence-corrected chi connectivity index (χ3v) is 5.02. The van der Waals surface area contributed by atoms with Gasteiger partial charge in [0.2, 0.25) is 0 Å². The Morgan fingerprint density at radius 1 is 1.03 bits per heavy atom. The molecule has 0 aliphatic carbocycles. The Morgan fingerprint density at radius 2 is 1.69 bits per heavy atom. The molecule has 0 radical (unpaired) electrons. The van der Waals surface area contributed by atoms with E-state index >= 15 is 0 Å². The largest absolute Gasteiger partial charge is 0.484 e. The normalized spacial score (nSPS) is 13.8. The van der Waals surface area contributed by atoms with Crippen LogP contribution in [0.1, 0.15) is 29.3 Å². The van der Waals surface area contributed by atoms with Crippen molar-refractivity contribution < 1.29 is 19.1 Å². The minimum absolute atomic E-state index is 0.0383. The van der Waals surface area contributed by atoms with Gasteiger partial charge in [-0.2, -0.15) is 0 Å². The molecular formula is C23H28N2O4. The number of morpholine rings is 1. The average molecular weight is 396 g/mol. The topological polar surface area (TPSA) is 59.1 Å². The number of ether oxygens (including phenoxy) is 2. The van der Waals surface area contributed by atoms with Crippen LogP contribution in [0.3, 0.4) is 0 Å². The SMILES string of the molecule is CCC(=O)c1ccc(OCC(=O)N(C)Cc2ccc(N3CCOCC3)cc2)cc1. The summed E-state index contributed by atoms with van der Waals surface area (Å²) in [6, 6.07) is 15.2. The molecule has 29 heavy (non-hydrogen) atoms. The van der Waals surface area contributed by atoms with Crippen LogP contribution in [-0.2, 0) is 16.1 Å². The van der Waals surface area contributed by atoms with Gasteiger partial charge in [0, 0.05) is 44.4 Å². The molecule has 154 valence electrons. The Balaban J connectivity index is 1.48. The Bertz CT molecular complexity index is 812. The quantitative estimate of drug-likeness (QED) is 0.642. The molecule has 0 unspecified atom stereocenters. The summed E-state index contributed by atoms with van der Waals surface area (Å²) in [5.74, 6) is 0.567. The van der Waals surface area contributed by atoms with Gasteiger partial charge in [-0.25, -0.2) is 0 Å². The van der Waals surface area contributed by atoms with E-state index in [0.29, 0.717) is 24.3 Å². The summed E-state index contributed by atoms with van der Waals surface area (Å²) in [4.78, 5) is 28.0. The molecule has 0 spiro atoms. The maximum Gasteiger partial charge on any atom is 0.260 e. The molecule has 1 heterocycles. The molecule has 1 amide bonds. The van der Waals surface area contributed by atoms with Crippen LogP contribution < -0.4 is 9.64 Å². The second-order valence-corrected chi connectivity index (χ2v) is 7.11. The maximum absolute atomic E-state index is 12.4. The molecule has 1 fully saturated rings. The van der Waals surface area contributed by atoms with Crippen molar-refractivity contribution in [1.82, 2.24) is 4.90 Å². The number of carbonyl (C=O) groups is 2. The first-order chi connectivity index (χ1) is 14.1. The first-order valence-electron chi connectivity index (χ1n) is 9.98. The molecule has 6 nitrogen and oxygen atoms in total. The van der Waals surface area contributed by atoms with Crippen LogP contribution in [0.2, 0.25) is 0 Å². The molecule has 0 atom stereocenters. The summed E-state index contributed by atoms with van der Waals surface area (Å²) >= 11 is 0. The Hall–Kier alpha value is -2.86. The van der Waals surface area contributed by atoms with E-state index in [-0.39, 0.29) is 18.3 Å². The van der Waals surface area contributed by atoms with Gasteiger partial charge >= 0.3 is 0 Å².